The second kappa shape index (κ2) is 5.92. The number of nitrogens with two attached hydrogens (primary N) is 2. The summed E-state index contributed by atoms with van der Waals surface area (Å²) in [5.74, 6) is -1.25. The van der Waals surface area contributed by atoms with E-state index in [1.807, 2.05) is 0 Å². The molecule has 19 heavy (non-hydrogen) atoms. The van der Waals surface area contributed by atoms with Crippen molar-refractivity contribution in [3.05, 3.63) is 29.3 Å². The molecule has 106 valence electrons. The van der Waals surface area contributed by atoms with Crippen LogP contribution in [-0.2, 0) is 17.4 Å². The van der Waals surface area contributed by atoms with Gasteiger partial charge in [0.2, 0.25) is 0 Å². The van der Waals surface area contributed by atoms with Gasteiger partial charge in [0.15, 0.2) is 6.10 Å². The molecule has 0 aliphatic heterocycles. The predicted octanol–water partition coefficient (Wildman–Crippen LogP) is 1.46. The highest BCUT2D eigenvalue weighted by Gasteiger charge is 2.35. The van der Waals surface area contributed by atoms with Crippen LogP contribution >= 0.6 is 0 Å². The Morgan fingerprint density at radius 2 is 2.05 bits per heavy atom. The Kier molecular flexibility index (Phi) is 4.77. The summed E-state index contributed by atoms with van der Waals surface area (Å²) in [7, 11) is 0. The van der Waals surface area contributed by atoms with Gasteiger partial charge in [-0.3, -0.25) is 4.79 Å². The molecule has 1 aromatic rings. The van der Waals surface area contributed by atoms with Crippen LogP contribution in [0.15, 0.2) is 18.2 Å². The largest absolute Gasteiger partial charge is 0.480 e. The van der Waals surface area contributed by atoms with E-state index in [1.165, 1.54) is 19.1 Å². The summed E-state index contributed by atoms with van der Waals surface area (Å²) in [6, 6.07) is 3.62. The van der Waals surface area contributed by atoms with Gasteiger partial charge in [-0.25, -0.2) is 0 Å². The molecule has 4 nitrogen and oxygen atoms in total. The first-order valence-corrected chi connectivity index (χ1v) is 5.62. The fraction of sp³-hybridized carbons (Fsp3) is 0.417. The van der Waals surface area contributed by atoms with Gasteiger partial charge in [-0.05, 0) is 37.6 Å². The summed E-state index contributed by atoms with van der Waals surface area (Å²) in [5, 5.41) is 0. The minimum atomic E-state index is -4.57. The first-order valence-electron chi connectivity index (χ1n) is 5.62. The van der Waals surface area contributed by atoms with Gasteiger partial charge < -0.3 is 16.2 Å². The Bertz CT molecular complexity index is 461. The molecule has 0 saturated carbocycles. The smallest absolute Gasteiger partial charge is 0.419 e. The average molecular weight is 276 g/mol. The molecule has 1 rings (SSSR count). The minimum Gasteiger partial charge on any atom is -0.480 e. The lowest BCUT2D eigenvalue weighted by Crippen LogP contribution is -2.31. The molecule has 0 saturated heterocycles. The van der Waals surface area contributed by atoms with Gasteiger partial charge in [0.25, 0.3) is 5.91 Å². The Morgan fingerprint density at radius 1 is 1.42 bits per heavy atom. The first kappa shape index (κ1) is 15.3. The molecule has 0 bridgehead atoms. The van der Waals surface area contributed by atoms with Crippen LogP contribution in [0.4, 0.5) is 13.2 Å². The second-order valence-corrected chi connectivity index (χ2v) is 4.03. The van der Waals surface area contributed by atoms with E-state index in [4.69, 9.17) is 16.2 Å². The molecule has 1 amide bonds. The molecule has 0 aliphatic rings. The Labute approximate surface area is 108 Å². The van der Waals surface area contributed by atoms with E-state index in [-0.39, 0.29) is 6.54 Å². The zero-order chi connectivity index (χ0) is 14.6. The summed E-state index contributed by atoms with van der Waals surface area (Å²) < 4.78 is 43.6. The molecule has 1 aromatic carbocycles. The summed E-state index contributed by atoms with van der Waals surface area (Å²) in [5.41, 5.74) is 9.78. The molecule has 7 heteroatoms. The van der Waals surface area contributed by atoms with E-state index in [2.05, 4.69) is 0 Å². The number of hydrogen-bond acceptors (Lipinski definition) is 3. The van der Waals surface area contributed by atoms with E-state index in [0.29, 0.717) is 12.0 Å². The van der Waals surface area contributed by atoms with Gasteiger partial charge >= 0.3 is 6.18 Å². The molecule has 0 radical (unpaired) electrons. The lowest BCUT2D eigenvalue weighted by Gasteiger charge is -2.17. The summed E-state index contributed by atoms with van der Waals surface area (Å²) in [6.07, 6.45) is -5.38. The van der Waals surface area contributed by atoms with Crippen molar-refractivity contribution in [2.24, 2.45) is 11.5 Å². The highest BCUT2D eigenvalue weighted by molar-refractivity contribution is 5.78. The fourth-order valence-electron chi connectivity index (χ4n) is 1.47. The zero-order valence-electron chi connectivity index (χ0n) is 10.3. The lowest BCUT2D eigenvalue weighted by atomic mass is 10.1. The molecule has 1 unspecified atom stereocenters. The number of rotatable bonds is 5. The number of halogens is 3. The highest BCUT2D eigenvalue weighted by Crippen LogP contribution is 2.37. The molecular formula is C12H15F3N2O2. The average Bonchev–Trinajstić information content (AvgIpc) is 2.29. The van der Waals surface area contributed by atoms with Crippen molar-refractivity contribution in [1.82, 2.24) is 0 Å². The van der Waals surface area contributed by atoms with Crippen LogP contribution < -0.4 is 16.2 Å². The van der Waals surface area contributed by atoms with Crippen molar-refractivity contribution < 1.29 is 22.7 Å². The predicted molar refractivity (Wildman–Crippen MR) is 63.5 cm³/mol. The van der Waals surface area contributed by atoms with Gasteiger partial charge in [-0.2, -0.15) is 13.2 Å². The van der Waals surface area contributed by atoms with E-state index >= 15 is 0 Å². The van der Waals surface area contributed by atoms with Crippen LogP contribution in [0.2, 0.25) is 0 Å². The maximum Gasteiger partial charge on any atom is 0.419 e. The number of carbonyl (C=O) groups excluding carboxylic acids is 1. The molecule has 0 heterocycles. The zero-order valence-corrected chi connectivity index (χ0v) is 10.3. The third-order valence-corrected chi connectivity index (χ3v) is 2.49. The second-order valence-electron chi connectivity index (χ2n) is 4.03. The van der Waals surface area contributed by atoms with Crippen LogP contribution in [0.3, 0.4) is 0 Å². The van der Waals surface area contributed by atoms with Gasteiger partial charge in [0.1, 0.15) is 5.75 Å². The van der Waals surface area contributed by atoms with Gasteiger partial charge in [-0.1, -0.05) is 6.07 Å². The van der Waals surface area contributed by atoms with Crippen LogP contribution in [0.25, 0.3) is 0 Å². The molecule has 0 spiro atoms. The van der Waals surface area contributed by atoms with Crippen molar-refractivity contribution >= 4 is 5.91 Å². The Hall–Kier alpha value is -1.76. The van der Waals surface area contributed by atoms with E-state index < -0.39 is 29.5 Å². The topological polar surface area (TPSA) is 78.3 Å². The maximum atomic E-state index is 12.9. The standard InChI is InChI=1S/C12H15F3N2O2/c1-7(11(17)18)19-10-3-2-8(4-5-16)6-9(10)12(13,14)15/h2-3,6-7H,4-5,16H2,1H3,(H2,17,18). The van der Waals surface area contributed by atoms with Gasteiger partial charge in [0.05, 0.1) is 5.56 Å². The summed E-state index contributed by atoms with van der Waals surface area (Å²) in [4.78, 5) is 10.8. The van der Waals surface area contributed by atoms with Crippen LogP contribution in [0, 0.1) is 0 Å². The third kappa shape index (κ3) is 4.13. The molecule has 4 N–H and O–H groups in total. The Morgan fingerprint density at radius 3 is 2.53 bits per heavy atom. The minimum absolute atomic E-state index is 0.245. The van der Waals surface area contributed by atoms with E-state index in [9.17, 15) is 18.0 Å². The van der Waals surface area contributed by atoms with Gasteiger partial charge in [0, 0.05) is 0 Å². The number of alkyl halides is 3. The van der Waals surface area contributed by atoms with E-state index in [0.717, 1.165) is 6.07 Å². The lowest BCUT2D eigenvalue weighted by molar-refractivity contribution is -0.140. The van der Waals surface area contributed by atoms with Gasteiger partial charge in [-0.15, -0.1) is 0 Å². The van der Waals surface area contributed by atoms with Crippen molar-refractivity contribution in [2.75, 3.05) is 6.54 Å². The molecular weight excluding hydrogens is 261 g/mol. The highest BCUT2D eigenvalue weighted by atomic mass is 19.4. The molecule has 1 atom stereocenters. The van der Waals surface area contributed by atoms with E-state index in [1.54, 1.807) is 0 Å². The number of ether oxygens (including phenoxy) is 1. The van der Waals surface area contributed by atoms with Crippen LogP contribution in [0.1, 0.15) is 18.1 Å². The Balaban J connectivity index is 3.13. The molecule has 0 aliphatic carbocycles. The number of hydrogen-bond donors (Lipinski definition) is 2. The first-order chi connectivity index (χ1) is 8.75. The monoisotopic (exact) mass is 276 g/mol. The van der Waals surface area contributed by atoms with Crippen molar-refractivity contribution in [2.45, 2.75) is 25.6 Å². The molecule has 0 fully saturated rings. The summed E-state index contributed by atoms with van der Waals surface area (Å²) in [6.45, 7) is 1.53. The third-order valence-electron chi connectivity index (χ3n) is 2.49. The quantitative estimate of drug-likeness (QED) is 0.854. The normalized spacial score (nSPS) is 13.1. The number of benzene rings is 1. The van der Waals surface area contributed by atoms with Crippen LogP contribution in [0.5, 0.6) is 5.75 Å². The maximum absolute atomic E-state index is 12.9. The van der Waals surface area contributed by atoms with Crippen LogP contribution in [-0.4, -0.2) is 18.6 Å². The number of amides is 1. The summed E-state index contributed by atoms with van der Waals surface area (Å²) >= 11 is 0. The molecule has 0 aromatic heterocycles. The van der Waals surface area contributed by atoms with Crippen molar-refractivity contribution in [1.29, 1.82) is 0 Å². The number of primary amides is 1. The van der Waals surface area contributed by atoms with Crippen molar-refractivity contribution in [3.63, 3.8) is 0 Å². The fourth-order valence-corrected chi connectivity index (χ4v) is 1.47. The SMILES string of the molecule is CC(Oc1ccc(CCN)cc1C(F)(F)F)C(N)=O. The van der Waals surface area contributed by atoms with Crippen molar-refractivity contribution in [3.8, 4) is 5.75 Å². The number of carbonyl (C=O) groups is 1.